The summed E-state index contributed by atoms with van der Waals surface area (Å²) in [6.45, 7) is 9.65. The quantitative estimate of drug-likeness (QED) is 0.0380. The van der Waals surface area contributed by atoms with Crippen molar-refractivity contribution in [3.8, 4) is 11.5 Å². The first-order valence-corrected chi connectivity index (χ1v) is 20.6. The van der Waals surface area contributed by atoms with Crippen LogP contribution in [0.5, 0.6) is 11.5 Å². The summed E-state index contributed by atoms with van der Waals surface area (Å²) in [6, 6.07) is 25.6. The molecule has 322 valence electrons. The van der Waals surface area contributed by atoms with Gasteiger partial charge in [0.05, 0.1) is 112 Å². The molecule has 2 aliphatic rings. The lowest BCUT2D eigenvalue weighted by Crippen LogP contribution is -2.59. The second-order valence-electron chi connectivity index (χ2n) is 15.8. The highest BCUT2D eigenvalue weighted by Crippen LogP contribution is 2.40. The lowest BCUT2D eigenvalue weighted by molar-refractivity contribution is -0.273. The Hall–Kier alpha value is -5.67. The van der Waals surface area contributed by atoms with Crippen molar-refractivity contribution in [3.63, 3.8) is 0 Å². The SMILES string of the molecule is COc1ccc(COCC2O[C@@H](O[C@@H]3C(n4cnc5cc(C)ccc54)COC(COCc4ccc(OC)cc4)[C@@H]3N=[N+]=[N-])C(Nc3ccc(C)cc3NC=O)[C@@H](C)[C@H]2C)cc1. The monoisotopic (exact) mass is 833 g/mol. The Balaban J connectivity index is 1.21. The van der Waals surface area contributed by atoms with Crippen molar-refractivity contribution < 1.29 is 38.0 Å². The molecule has 3 heterocycles. The lowest BCUT2D eigenvalue weighted by Gasteiger charge is -2.49. The van der Waals surface area contributed by atoms with Crippen LogP contribution in [0.3, 0.4) is 0 Å². The molecule has 15 nitrogen and oxygen atoms in total. The highest BCUT2D eigenvalue weighted by molar-refractivity contribution is 5.81. The number of carbonyl (C=O) groups excluding carboxylic acids is 1. The van der Waals surface area contributed by atoms with Gasteiger partial charge in [0.1, 0.15) is 11.5 Å². The van der Waals surface area contributed by atoms with E-state index >= 15 is 0 Å². The van der Waals surface area contributed by atoms with E-state index in [0.717, 1.165) is 44.8 Å². The summed E-state index contributed by atoms with van der Waals surface area (Å²) in [5.41, 5.74) is 17.2. The fourth-order valence-electron chi connectivity index (χ4n) is 8.15. The van der Waals surface area contributed by atoms with Crippen molar-refractivity contribution in [2.45, 2.75) is 83.6 Å². The number of hydrogen-bond donors (Lipinski definition) is 2. The molecule has 4 aromatic carbocycles. The van der Waals surface area contributed by atoms with E-state index in [0.29, 0.717) is 37.6 Å². The van der Waals surface area contributed by atoms with Crippen molar-refractivity contribution in [1.82, 2.24) is 9.55 Å². The molecule has 15 heteroatoms. The van der Waals surface area contributed by atoms with Crippen molar-refractivity contribution in [3.05, 3.63) is 124 Å². The first-order chi connectivity index (χ1) is 29.7. The average molecular weight is 834 g/mol. The Morgan fingerprint density at radius 2 is 1.49 bits per heavy atom. The van der Waals surface area contributed by atoms with Crippen molar-refractivity contribution in [1.29, 1.82) is 0 Å². The maximum atomic E-state index is 11.7. The standard InChI is InChI=1S/C46H55N7O8/c1-28-7-17-36(37(19-28)49-27-54)50-43-31(4)30(3)41(24-57-21-32-9-13-34(55-5)14-10-32)60-46(43)61-45-40(53-26-48-38-20-29(2)8-18-39(38)53)23-59-42(44(45)51-52-47)25-58-22-33-11-15-35(56-6)16-12-33/h7-20,26-27,30-31,40-46,50H,21-25H2,1-6H3,(H,49,54)/t30-,31+,40?,41?,42?,43?,44+,45-,46+/m1/s1. The van der Waals surface area contributed by atoms with Crippen molar-refractivity contribution in [2.24, 2.45) is 17.0 Å². The number of imidazole rings is 1. The maximum absolute atomic E-state index is 11.7. The number of amides is 1. The topological polar surface area (TPSA) is 172 Å². The van der Waals surface area contributed by atoms with E-state index in [4.69, 9.17) is 38.1 Å². The number of nitrogens with zero attached hydrogens (tertiary/aromatic N) is 5. The number of aromatic nitrogens is 2. The number of hydrogen-bond acceptors (Lipinski definition) is 11. The molecule has 2 aliphatic heterocycles. The molecule has 0 aliphatic carbocycles. The van der Waals surface area contributed by atoms with Crippen LogP contribution >= 0.6 is 0 Å². The van der Waals surface area contributed by atoms with Gasteiger partial charge in [0.25, 0.3) is 0 Å². The molecule has 7 rings (SSSR count). The zero-order valence-corrected chi connectivity index (χ0v) is 35.5. The van der Waals surface area contributed by atoms with Crippen LogP contribution in [0, 0.1) is 25.7 Å². The molecule has 0 bridgehead atoms. The second-order valence-corrected chi connectivity index (χ2v) is 15.8. The summed E-state index contributed by atoms with van der Waals surface area (Å²) in [5.74, 6) is 1.51. The minimum absolute atomic E-state index is 0.0134. The van der Waals surface area contributed by atoms with Crippen LogP contribution in [0.2, 0.25) is 0 Å². The molecule has 0 saturated carbocycles. The van der Waals surface area contributed by atoms with E-state index < -0.39 is 36.6 Å². The molecule has 61 heavy (non-hydrogen) atoms. The number of anilines is 2. The highest BCUT2D eigenvalue weighted by Gasteiger charge is 2.48. The molecule has 4 unspecified atom stereocenters. The molecule has 2 N–H and O–H groups in total. The molecule has 2 fully saturated rings. The third-order valence-corrected chi connectivity index (χ3v) is 11.9. The number of ether oxygens (including phenoxy) is 7. The van der Waals surface area contributed by atoms with Crippen LogP contribution in [0.25, 0.3) is 21.5 Å². The van der Waals surface area contributed by atoms with Crippen molar-refractivity contribution >= 4 is 28.8 Å². The van der Waals surface area contributed by atoms with Crippen LogP contribution in [-0.4, -0.2) is 86.7 Å². The minimum Gasteiger partial charge on any atom is -0.497 e. The summed E-state index contributed by atoms with van der Waals surface area (Å²) in [7, 11) is 3.27. The molecule has 5 aromatic rings. The van der Waals surface area contributed by atoms with Gasteiger partial charge in [-0.25, -0.2) is 4.98 Å². The number of nitrogens with one attached hydrogen (secondary N) is 2. The van der Waals surface area contributed by atoms with E-state index in [1.807, 2.05) is 103 Å². The summed E-state index contributed by atoms with van der Waals surface area (Å²) in [5, 5.41) is 10.9. The molecule has 0 radical (unpaired) electrons. The Kier molecular flexibility index (Phi) is 14.4. The lowest BCUT2D eigenvalue weighted by atomic mass is 9.81. The van der Waals surface area contributed by atoms with Gasteiger partial charge in [-0.1, -0.05) is 55.4 Å². The normalized spacial score (nSPS) is 25.0. The predicted molar refractivity (Wildman–Crippen MR) is 232 cm³/mol. The van der Waals surface area contributed by atoms with Crippen LogP contribution in [-0.2, 0) is 41.7 Å². The Bertz CT molecular complexity index is 2260. The minimum atomic E-state index is -0.883. The van der Waals surface area contributed by atoms with Gasteiger partial charge in [-0.3, -0.25) is 4.79 Å². The summed E-state index contributed by atoms with van der Waals surface area (Å²) < 4.78 is 46.0. The first kappa shape index (κ1) is 43.4. The fourth-order valence-corrected chi connectivity index (χ4v) is 8.15. The third kappa shape index (κ3) is 10.3. The van der Waals surface area contributed by atoms with E-state index in [1.165, 1.54) is 0 Å². The predicted octanol–water partition coefficient (Wildman–Crippen LogP) is 8.15. The zero-order chi connectivity index (χ0) is 42.9. The molecule has 1 amide bonds. The highest BCUT2D eigenvalue weighted by atomic mass is 16.7. The molecule has 9 atom stereocenters. The number of methoxy groups -OCH3 is 2. The smallest absolute Gasteiger partial charge is 0.211 e. The number of benzene rings is 4. The van der Waals surface area contributed by atoms with Gasteiger partial charge in [-0.2, -0.15) is 0 Å². The van der Waals surface area contributed by atoms with Crippen LogP contribution in [0.15, 0.2) is 96.4 Å². The Labute approximate surface area is 356 Å². The van der Waals surface area contributed by atoms with Gasteiger partial charge in [0.15, 0.2) is 6.29 Å². The fraction of sp³-hybridized carbons (Fsp3) is 0.435. The third-order valence-electron chi connectivity index (χ3n) is 11.9. The van der Waals surface area contributed by atoms with Crippen LogP contribution in [0.1, 0.15) is 42.1 Å². The number of azide groups is 1. The van der Waals surface area contributed by atoms with Crippen molar-refractivity contribution in [2.75, 3.05) is 44.7 Å². The van der Waals surface area contributed by atoms with Gasteiger partial charge < -0.3 is 48.4 Å². The summed E-state index contributed by atoms with van der Waals surface area (Å²) in [4.78, 5) is 19.8. The van der Waals surface area contributed by atoms with Crippen LogP contribution < -0.4 is 20.1 Å². The molecule has 1 aromatic heterocycles. The van der Waals surface area contributed by atoms with Gasteiger partial charge >= 0.3 is 0 Å². The van der Waals surface area contributed by atoms with Gasteiger partial charge in [-0.15, -0.1) is 0 Å². The maximum Gasteiger partial charge on any atom is 0.211 e. The van der Waals surface area contributed by atoms with E-state index in [2.05, 4.69) is 34.5 Å². The second kappa shape index (κ2) is 20.3. The Morgan fingerprint density at radius 1 is 0.852 bits per heavy atom. The largest absolute Gasteiger partial charge is 0.497 e. The number of rotatable bonds is 18. The first-order valence-electron chi connectivity index (χ1n) is 20.6. The Morgan fingerprint density at radius 3 is 2.13 bits per heavy atom. The number of fused-ring (bicyclic) bond motifs is 1. The van der Waals surface area contributed by atoms with Crippen LogP contribution in [0.4, 0.5) is 11.4 Å². The molecule has 0 spiro atoms. The molecule has 2 saturated heterocycles. The number of carbonyl (C=O) groups is 1. The van der Waals surface area contributed by atoms with Gasteiger partial charge in [0, 0.05) is 4.91 Å². The van der Waals surface area contributed by atoms with E-state index in [1.54, 1.807) is 20.5 Å². The number of aryl methyl sites for hydroxylation is 2. The van der Waals surface area contributed by atoms with Gasteiger partial charge in [0.2, 0.25) is 6.41 Å². The summed E-state index contributed by atoms with van der Waals surface area (Å²) >= 11 is 0. The summed E-state index contributed by atoms with van der Waals surface area (Å²) in [6.07, 6.45) is -0.213. The zero-order valence-electron chi connectivity index (χ0n) is 35.5. The van der Waals surface area contributed by atoms with E-state index in [-0.39, 0.29) is 31.2 Å². The molecular weight excluding hydrogens is 779 g/mol. The average Bonchev–Trinajstić information content (AvgIpc) is 3.69. The van der Waals surface area contributed by atoms with E-state index in [9.17, 15) is 10.3 Å². The molecular formula is C46H55N7O8. The van der Waals surface area contributed by atoms with Gasteiger partial charge in [-0.05, 0) is 102 Å².